The van der Waals surface area contributed by atoms with Gasteiger partial charge < -0.3 is 16.4 Å². The van der Waals surface area contributed by atoms with Gasteiger partial charge in [0.2, 0.25) is 0 Å². The number of nitrogens with zero attached hydrogens (tertiary/aromatic N) is 3. The molecule has 0 unspecified atom stereocenters. The second-order valence-electron chi connectivity index (χ2n) is 6.30. The Labute approximate surface area is 152 Å². The smallest absolute Gasteiger partial charge is 0.307 e. The summed E-state index contributed by atoms with van der Waals surface area (Å²) < 4.78 is 1.75. The maximum atomic E-state index is 11.7. The SMILES string of the molecule is CCC[C@H](C(=O)O)[C@H](Cc1ccc(-c2cnn(C)c2)cc1)/C(=N/N)NN. The molecular formula is C18H26N6O2. The number of benzene rings is 1. The largest absolute Gasteiger partial charge is 0.481 e. The molecule has 26 heavy (non-hydrogen) atoms. The zero-order valence-electron chi connectivity index (χ0n) is 15.1. The topological polar surface area (TPSA) is 132 Å². The Morgan fingerprint density at radius 1 is 1.31 bits per heavy atom. The molecule has 0 saturated heterocycles. The van der Waals surface area contributed by atoms with E-state index in [-0.39, 0.29) is 0 Å². The molecule has 0 bridgehead atoms. The van der Waals surface area contributed by atoms with Gasteiger partial charge in [-0.25, -0.2) is 5.84 Å². The van der Waals surface area contributed by atoms with E-state index in [0.29, 0.717) is 18.7 Å². The van der Waals surface area contributed by atoms with Crippen molar-refractivity contribution in [3.8, 4) is 11.1 Å². The molecule has 0 aliphatic heterocycles. The lowest BCUT2D eigenvalue weighted by molar-refractivity contribution is -0.143. The Kier molecular flexibility index (Phi) is 6.74. The van der Waals surface area contributed by atoms with E-state index in [1.807, 2.05) is 44.4 Å². The molecule has 6 N–H and O–H groups in total. The van der Waals surface area contributed by atoms with Gasteiger partial charge in [-0.1, -0.05) is 37.6 Å². The van der Waals surface area contributed by atoms with E-state index in [2.05, 4.69) is 15.6 Å². The van der Waals surface area contributed by atoms with Crippen LogP contribution in [0.5, 0.6) is 0 Å². The number of nitrogens with one attached hydrogen (secondary N) is 1. The predicted molar refractivity (Wildman–Crippen MR) is 101 cm³/mol. The van der Waals surface area contributed by atoms with Crippen LogP contribution < -0.4 is 17.1 Å². The molecule has 8 nitrogen and oxygen atoms in total. The van der Waals surface area contributed by atoms with Crippen LogP contribution in [0.1, 0.15) is 25.3 Å². The van der Waals surface area contributed by atoms with Gasteiger partial charge in [-0.2, -0.15) is 10.2 Å². The van der Waals surface area contributed by atoms with Crippen molar-refractivity contribution in [3.63, 3.8) is 0 Å². The lowest BCUT2D eigenvalue weighted by atomic mass is 9.83. The van der Waals surface area contributed by atoms with Gasteiger partial charge in [0.05, 0.1) is 12.1 Å². The van der Waals surface area contributed by atoms with E-state index in [1.165, 1.54) is 0 Å². The van der Waals surface area contributed by atoms with Crippen molar-refractivity contribution in [1.29, 1.82) is 0 Å². The summed E-state index contributed by atoms with van der Waals surface area (Å²) in [5.74, 6) is 9.31. The van der Waals surface area contributed by atoms with Crippen LogP contribution in [-0.4, -0.2) is 26.7 Å². The molecule has 0 radical (unpaired) electrons. The number of nitrogens with two attached hydrogens (primary N) is 2. The Morgan fingerprint density at radius 3 is 2.46 bits per heavy atom. The summed E-state index contributed by atoms with van der Waals surface area (Å²) >= 11 is 0. The number of rotatable bonds is 8. The third kappa shape index (κ3) is 4.60. The van der Waals surface area contributed by atoms with Gasteiger partial charge in [-0.05, 0) is 24.0 Å². The summed E-state index contributed by atoms with van der Waals surface area (Å²) in [7, 11) is 1.87. The van der Waals surface area contributed by atoms with Crippen molar-refractivity contribution in [2.75, 3.05) is 0 Å². The van der Waals surface area contributed by atoms with Crippen molar-refractivity contribution in [2.45, 2.75) is 26.2 Å². The van der Waals surface area contributed by atoms with Crippen LogP contribution in [0.3, 0.4) is 0 Å². The van der Waals surface area contributed by atoms with Crippen molar-refractivity contribution in [1.82, 2.24) is 15.2 Å². The predicted octanol–water partition coefficient (Wildman–Crippen LogP) is 1.48. The Hall–Kier alpha value is -2.87. The molecule has 0 aliphatic carbocycles. The fraction of sp³-hybridized carbons (Fsp3) is 0.389. The molecule has 0 saturated carbocycles. The van der Waals surface area contributed by atoms with Crippen LogP contribution in [0, 0.1) is 11.8 Å². The standard InChI is InChI=1S/C18H26N6O2/c1-3-4-15(18(25)26)16(17(22-19)23-20)9-12-5-7-13(8-6-12)14-10-21-24(2)11-14/h5-8,10-11,15-16H,3-4,9,19-20H2,1-2H3,(H,22,23)(H,25,26)/t15-,16-/m0/s1. The molecule has 0 amide bonds. The number of hydrogen-bond donors (Lipinski definition) is 4. The molecule has 0 aliphatic rings. The van der Waals surface area contributed by atoms with Crippen LogP contribution in [0.4, 0.5) is 0 Å². The van der Waals surface area contributed by atoms with E-state index < -0.39 is 17.8 Å². The quantitative estimate of drug-likeness (QED) is 0.245. The minimum absolute atomic E-state index is 0.294. The van der Waals surface area contributed by atoms with Gasteiger partial charge in [0.15, 0.2) is 0 Å². The highest BCUT2D eigenvalue weighted by atomic mass is 16.4. The van der Waals surface area contributed by atoms with Gasteiger partial charge in [-0.3, -0.25) is 9.48 Å². The molecule has 2 aromatic rings. The number of carboxylic acids is 1. The van der Waals surface area contributed by atoms with Crippen molar-refractivity contribution in [3.05, 3.63) is 42.2 Å². The summed E-state index contributed by atoms with van der Waals surface area (Å²) in [5, 5.41) is 17.4. The average molecular weight is 358 g/mol. The summed E-state index contributed by atoms with van der Waals surface area (Å²) in [6.07, 6.45) is 5.49. The number of aliphatic carboxylic acids is 1. The first-order valence-electron chi connectivity index (χ1n) is 8.55. The Morgan fingerprint density at radius 2 is 2.00 bits per heavy atom. The number of aromatic nitrogens is 2. The zero-order chi connectivity index (χ0) is 19.1. The minimum atomic E-state index is -0.875. The second kappa shape index (κ2) is 9.00. The van der Waals surface area contributed by atoms with E-state index in [9.17, 15) is 9.90 Å². The Balaban J connectivity index is 2.25. The number of aryl methyl sites for hydroxylation is 1. The fourth-order valence-electron chi connectivity index (χ4n) is 3.13. The summed E-state index contributed by atoms with van der Waals surface area (Å²) in [6.45, 7) is 1.95. The van der Waals surface area contributed by atoms with E-state index in [0.717, 1.165) is 23.1 Å². The lowest BCUT2D eigenvalue weighted by Crippen LogP contribution is -2.43. The third-order valence-corrected chi connectivity index (χ3v) is 4.49. The van der Waals surface area contributed by atoms with Gasteiger partial charge in [-0.15, -0.1) is 0 Å². The first-order chi connectivity index (χ1) is 12.5. The zero-order valence-corrected chi connectivity index (χ0v) is 15.1. The highest BCUT2D eigenvalue weighted by molar-refractivity contribution is 5.88. The molecule has 2 rings (SSSR count). The highest BCUT2D eigenvalue weighted by Gasteiger charge is 2.31. The van der Waals surface area contributed by atoms with E-state index >= 15 is 0 Å². The molecule has 0 fully saturated rings. The fourth-order valence-corrected chi connectivity index (χ4v) is 3.13. The van der Waals surface area contributed by atoms with Gasteiger partial charge in [0, 0.05) is 24.7 Å². The number of amidine groups is 1. The minimum Gasteiger partial charge on any atom is -0.481 e. The Bertz CT molecular complexity index is 753. The van der Waals surface area contributed by atoms with Crippen molar-refractivity contribution in [2.24, 2.45) is 35.7 Å². The molecular weight excluding hydrogens is 332 g/mol. The van der Waals surface area contributed by atoms with E-state index in [1.54, 1.807) is 10.9 Å². The highest BCUT2D eigenvalue weighted by Crippen LogP contribution is 2.25. The van der Waals surface area contributed by atoms with E-state index in [4.69, 9.17) is 11.7 Å². The molecule has 1 aromatic carbocycles. The number of hydrogen-bond acceptors (Lipinski definition) is 5. The molecule has 2 atom stereocenters. The van der Waals surface area contributed by atoms with Gasteiger partial charge >= 0.3 is 5.97 Å². The van der Waals surface area contributed by atoms with Crippen LogP contribution in [0.25, 0.3) is 11.1 Å². The molecule has 8 heteroatoms. The van der Waals surface area contributed by atoms with Gasteiger partial charge in [0.1, 0.15) is 5.84 Å². The summed E-state index contributed by atoms with van der Waals surface area (Å²) in [5.41, 5.74) is 5.52. The molecule has 140 valence electrons. The average Bonchev–Trinajstić information content (AvgIpc) is 3.06. The maximum Gasteiger partial charge on any atom is 0.307 e. The summed E-state index contributed by atoms with van der Waals surface area (Å²) in [6, 6.07) is 7.94. The van der Waals surface area contributed by atoms with Crippen LogP contribution in [0.2, 0.25) is 0 Å². The number of carbonyl (C=O) groups is 1. The lowest BCUT2D eigenvalue weighted by Gasteiger charge is -2.24. The van der Waals surface area contributed by atoms with Gasteiger partial charge in [0.25, 0.3) is 0 Å². The molecule has 1 aromatic heterocycles. The molecule has 1 heterocycles. The van der Waals surface area contributed by atoms with Crippen LogP contribution in [-0.2, 0) is 18.3 Å². The number of carboxylic acid groups (broad SMARTS) is 1. The maximum absolute atomic E-state index is 11.7. The number of hydrazine groups is 1. The third-order valence-electron chi connectivity index (χ3n) is 4.49. The normalized spacial score (nSPS) is 14.0. The van der Waals surface area contributed by atoms with Crippen molar-refractivity contribution >= 4 is 11.8 Å². The first-order valence-corrected chi connectivity index (χ1v) is 8.55. The summed E-state index contributed by atoms with van der Waals surface area (Å²) in [4.78, 5) is 11.7. The van der Waals surface area contributed by atoms with Crippen LogP contribution in [0.15, 0.2) is 41.8 Å². The monoisotopic (exact) mass is 358 g/mol. The van der Waals surface area contributed by atoms with Crippen LogP contribution >= 0.6 is 0 Å². The molecule has 0 spiro atoms. The first kappa shape index (κ1) is 19.5. The number of hydrazone groups is 1. The second-order valence-corrected chi connectivity index (χ2v) is 6.30. The van der Waals surface area contributed by atoms with Crippen molar-refractivity contribution < 1.29 is 9.90 Å².